The van der Waals surface area contributed by atoms with Gasteiger partial charge in [-0.3, -0.25) is 0 Å². The summed E-state index contributed by atoms with van der Waals surface area (Å²) in [6.45, 7) is 4.80. The number of aromatic nitrogens is 1. The molecule has 73 heavy (non-hydrogen) atoms. The van der Waals surface area contributed by atoms with Gasteiger partial charge in [0, 0.05) is 33.0 Å². The van der Waals surface area contributed by atoms with Crippen LogP contribution in [0.25, 0.3) is 72.0 Å². The van der Waals surface area contributed by atoms with Crippen molar-refractivity contribution < 1.29 is 0 Å². The highest BCUT2D eigenvalue weighted by Crippen LogP contribution is 2.67. The van der Waals surface area contributed by atoms with Crippen molar-refractivity contribution in [1.29, 1.82) is 0 Å². The molecule has 1 unspecified atom stereocenters. The molecular formula is C71H46N2. The Balaban J connectivity index is 1.01. The van der Waals surface area contributed by atoms with E-state index in [9.17, 15) is 0 Å². The van der Waals surface area contributed by atoms with Crippen molar-refractivity contribution in [3.63, 3.8) is 0 Å². The second-order valence-corrected chi connectivity index (χ2v) is 21.4. The monoisotopic (exact) mass is 926 g/mol. The molecule has 0 fully saturated rings. The van der Waals surface area contributed by atoms with Crippen molar-refractivity contribution in [2.24, 2.45) is 0 Å². The maximum absolute atomic E-state index is 2.65. The average Bonchev–Trinajstić information content (AvgIpc) is 4.21. The number of fused-ring (bicyclic) bond motifs is 25. The van der Waals surface area contributed by atoms with E-state index in [1.165, 1.54) is 139 Å². The Hall–Kier alpha value is -8.98. The Morgan fingerprint density at radius 3 is 1.42 bits per heavy atom. The van der Waals surface area contributed by atoms with Crippen LogP contribution < -0.4 is 4.90 Å². The molecule has 17 rings (SSSR count). The van der Waals surface area contributed by atoms with E-state index in [0.717, 1.165) is 5.69 Å². The molecule has 0 N–H and O–H groups in total. The normalized spacial score (nSPS) is 16.6. The van der Waals surface area contributed by atoms with Gasteiger partial charge >= 0.3 is 0 Å². The second kappa shape index (κ2) is 13.7. The van der Waals surface area contributed by atoms with Gasteiger partial charge in [0.05, 0.1) is 38.9 Å². The van der Waals surface area contributed by atoms with E-state index in [0.29, 0.717) is 0 Å². The number of rotatable bonds is 3. The molecule has 1 atom stereocenters. The number of anilines is 3. The zero-order chi connectivity index (χ0) is 48.0. The van der Waals surface area contributed by atoms with Gasteiger partial charge in [0.2, 0.25) is 0 Å². The third kappa shape index (κ3) is 4.55. The van der Waals surface area contributed by atoms with Gasteiger partial charge in [-0.05, 0) is 125 Å². The zero-order valence-corrected chi connectivity index (χ0v) is 40.5. The van der Waals surface area contributed by atoms with Crippen molar-refractivity contribution >= 4 is 38.9 Å². The third-order valence-electron chi connectivity index (χ3n) is 18.0. The van der Waals surface area contributed by atoms with E-state index in [-0.39, 0.29) is 5.41 Å². The fraction of sp³-hybridized carbons (Fsp3) is 0.0704. The van der Waals surface area contributed by atoms with E-state index in [2.05, 4.69) is 266 Å². The number of nitrogens with zero attached hydrogens (tertiary/aromatic N) is 2. The standard InChI is InChI=1S/C71H46N2/c1-69(2)52-27-9-6-24-50(52)66-58(69)33-18-38-64(66)72(65-39-19-34-59-67(65)51-25-7-13-31-56(51)70(59)53-28-10-3-20-44(53)45-21-4-11-29-54(45)70)43-40-41-47-46-22-5-12-30-55(46)71(61(47)42-43)57-32-14-16-37-63(57)73-62-36-15-8-23-48(62)49-26-17-35-60(71)68(49)73/h3-42H,1-2H3. The van der Waals surface area contributed by atoms with Gasteiger partial charge in [0.25, 0.3) is 0 Å². The Labute approximate surface area is 424 Å². The number of para-hydroxylation sites is 3. The molecule has 0 saturated carbocycles. The summed E-state index contributed by atoms with van der Waals surface area (Å²) in [5, 5.41) is 2.57. The van der Waals surface area contributed by atoms with Crippen LogP contribution in [0.15, 0.2) is 243 Å². The first-order valence-corrected chi connectivity index (χ1v) is 25.9. The molecule has 12 aromatic rings. The lowest BCUT2D eigenvalue weighted by molar-refractivity contribution is 0.660. The summed E-state index contributed by atoms with van der Waals surface area (Å²) in [5.74, 6) is 0. The van der Waals surface area contributed by atoms with Gasteiger partial charge in [-0.15, -0.1) is 0 Å². The molecule has 11 aromatic carbocycles. The minimum atomic E-state index is -0.603. The second-order valence-electron chi connectivity index (χ2n) is 21.4. The molecule has 2 heterocycles. The summed E-state index contributed by atoms with van der Waals surface area (Å²) >= 11 is 0. The fourth-order valence-electron chi connectivity index (χ4n) is 15.3. The molecule has 2 heteroatoms. The molecule has 0 radical (unpaired) electrons. The van der Waals surface area contributed by atoms with Gasteiger partial charge in [-0.2, -0.15) is 0 Å². The summed E-state index contributed by atoms with van der Waals surface area (Å²) in [7, 11) is 0. The number of hydrogen-bond acceptors (Lipinski definition) is 1. The molecule has 4 aliphatic carbocycles. The topological polar surface area (TPSA) is 8.17 Å². The first-order chi connectivity index (χ1) is 36.0. The maximum Gasteiger partial charge on any atom is 0.0755 e. The summed E-state index contributed by atoms with van der Waals surface area (Å²) < 4.78 is 2.55. The molecule has 5 aliphatic rings. The Bertz CT molecular complexity index is 4400. The van der Waals surface area contributed by atoms with Crippen molar-refractivity contribution in [1.82, 2.24) is 4.57 Å². The van der Waals surface area contributed by atoms with Crippen LogP contribution in [0.3, 0.4) is 0 Å². The molecule has 2 spiro atoms. The lowest BCUT2D eigenvalue weighted by Crippen LogP contribution is -2.33. The summed E-state index contributed by atoms with van der Waals surface area (Å²) in [4.78, 5) is 2.65. The van der Waals surface area contributed by atoms with Gasteiger partial charge in [0.1, 0.15) is 0 Å². The van der Waals surface area contributed by atoms with E-state index in [4.69, 9.17) is 0 Å². The van der Waals surface area contributed by atoms with Crippen molar-refractivity contribution in [2.45, 2.75) is 30.1 Å². The summed E-state index contributed by atoms with van der Waals surface area (Å²) in [6.07, 6.45) is 0. The molecule has 1 aromatic heterocycles. The smallest absolute Gasteiger partial charge is 0.0755 e. The predicted molar refractivity (Wildman–Crippen MR) is 300 cm³/mol. The Morgan fingerprint density at radius 2 is 0.753 bits per heavy atom. The van der Waals surface area contributed by atoms with Crippen LogP contribution in [-0.4, -0.2) is 4.57 Å². The van der Waals surface area contributed by atoms with Crippen LogP contribution in [0, 0.1) is 0 Å². The highest BCUT2D eigenvalue weighted by Gasteiger charge is 2.54. The molecule has 1 aliphatic heterocycles. The molecule has 0 saturated heterocycles. The van der Waals surface area contributed by atoms with Crippen LogP contribution in [0.4, 0.5) is 17.1 Å². The SMILES string of the molecule is CC1(C)c2ccccc2-c2c(N(c3ccc4c(c3)C3(c5ccccc5-4)c4ccccc4-n4c5ccccc5c5cccc3c54)c3cccc4c3-c3ccccc3C43c4ccccc4-c4ccccc43)cccc21. The quantitative estimate of drug-likeness (QED) is 0.171. The Kier molecular flexibility index (Phi) is 7.45. The molecule has 2 nitrogen and oxygen atoms in total. The lowest BCUT2D eigenvalue weighted by atomic mass is 9.65. The highest BCUT2D eigenvalue weighted by molar-refractivity contribution is 6.13. The summed E-state index contributed by atoms with van der Waals surface area (Å²) in [6, 6.07) is 92.8. The molecule has 0 amide bonds. The highest BCUT2D eigenvalue weighted by atomic mass is 15.2. The van der Waals surface area contributed by atoms with Gasteiger partial charge in [-0.25, -0.2) is 0 Å². The van der Waals surface area contributed by atoms with Crippen molar-refractivity contribution in [3.8, 4) is 50.2 Å². The van der Waals surface area contributed by atoms with Gasteiger partial charge in [0.15, 0.2) is 0 Å². The molecule has 0 bridgehead atoms. The fourth-order valence-corrected chi connectivity index (χ4v) is 15.3. The van der Waals surface area contributed by atoms with Crippen LogP contribution in [-0.2, 0) is 16.2 Å². The molecule has 340 valence electrons. The van der Waals surface area contributed by atoms with Crippen LogP contribution >= 0.6 is 0 Å². The van der Waals surface area contributed by atoms with Crippen LogP contribution in [0.5, 0.6) is 0 Å². The van der Waals surface area contributed by atoms with Crippen LogP contribution in [0.1, 0.15) is 69.5 Å². The minimum Gasteiger partial charge on any atom is -0.309 e. The lowest BCUT2D eigenvalue weighted by Gasteiger charge is -2.40. The van der Waals surface area contributed by atoms with E-state index >= 15 is 0 Å². The van der Waals surface area contributed by atoms with Gasteiger partial charge < -0.3 is 9.47 Å². The predicted octanol–water partition coefficient (Wildman–Crippen LogP) is 17.6. The van der Waals surface area contributed by atoms with Crippen molar-refractivity contribution in [2.75, 3.05) is 4.90 Å². The minimum absolute atomic E-state index is 0.188. The number of hydrogen-bond donors (Lipinski definition) is 0. The number of benzene rings is 11. The first-order valence-electron chi connectivity index (χ1n) is 25.9. The largest absolute Gasteiger partial charge is 0.309 e. The average molecular weight is 927 g/mol. The third-order valence-corrected chi connectivity index (χ3v) is 18.0. The Morgan fingerprint density at radius 1 is 0.315 bits per heavy atom. The molecular weight excluding hydrogens is 881 g/mol. The zero-order valence-electron chi connectivity index (χ0n) is 40.5. The maximum atomic E-state index is 2.65. The van der Waals surface area contributed by atoms with E-state index in [1.54, 1.807) is 0 Å². The first kappa shape index (κ1) is 39.7. The van der Waals surface area contributed by atoms with Gasteiger partial charge in [-0.1, -0.05) is 220 Å². The summed E-state index contributed by atoms with van der Waals surface area (Å²) in [5.41, 5.74) is 29.7. The van der Waals surface area contributed by atoms with Crippen LogP contribution in [0.2, 0.25) is 0 Å². The van der Waals surface area contributed by atoms with E-state index < -0.39 is 10.8 Å². The van der Waals surface area contributed by atoms with Crippen molar-refractivity contribution in [3.05, 3.63) is 298 Å². The van der Waals surface area contributed by atoms with E-state index in [1.807, 2.05) is 0 Å².